The lowest BCUT2D eigenvalue weighted by molar-refractivity contribution is -0.115. The van der Waals surface area contributed by atoms with Gasteiger partial charge in [0.2, 0.25) is 5.91 Å². The van der Waals surface area contributed by atoms with Gasteiger partial charge in [-0.2, -0.15) is 0 Å². The Morgan fingerprint density at radius 3 is 2.31 bits per heavy atom. The molecular weight excluding hydrogens is 332 g/mol. The molecule has 0 aliphatic heterocycles. The fraction of sp³-hybridized carbons (Fsp3) is 0.100. The SMILES string of the molecule is Cc1occc1C(=O)NCC(=O)Nc1ccc(Oc2ccccc2)cc1. The summed E-state index contributed by atoms with van der Waals surface area (Å²) in [7, 11) is 0. The van der Waals surface area contributed by atoms with E-state index in [4.69, 9.17) is 9.15 Å². The van der Waals surface area contributed by atoms with E-state index >= 15 is 0 Å². The van der Waals surface area contributed by atoms with Gasteiger partial charge in [0.25, 0.3) is 5.91 Å². The molecule has 6 nitrogen and oxygen atoms in total. The van der Waals surface area contributed by atoms with Crippen LogP contribution < -0.4 is 15.4 Å². The minimum absolute atomic E-state index is 0.133. The number of ether oxygens (including phenoxy) is 1. The van der Waals surface area contributed by atoms with Gasteiger partial charge in [0.1, 0.15) is 17.3 Å². The van der Waals surface area contributed by atoms with Crippen molar-refractivity contribution in [3.05, 3.63) is 78.3 Å². The Labute approximate surface area is 150 Å². The molecule has 0 radical (unpaired) electrons. The van der Waals surface area contributed by atoms with Gasteiger partial charge in [-0.3, -0.25) is 9.59 Å². The Hall–Kier alpha value is -3.54. The van der Waals surface area contributed by atoms with E-state index in [1.165, 1.54) is 6.26 Å². The quantitative estimate of drug-likeness (QED) is 0.709. The summed E-state index contributed by atoms with van der Waals surface area (Å²) >= 11 is 0. The molecule has 0 fully saturated rings. The number of benzene rings is 2. The van der Waals surface area contributed by atoms with Crippen molar-refractivity contribution in [1.29, 1.82) is 0 Å². The third-order valence-electron chi connectivity index (χ3n) is 3.63. The number of anilines is 1. The standard InChI is InChI=1S/C20H18N2O4/c1-14-18(11-12-25-14)20(24)21-13-19(23)22-15-7-9-17(10-8-15)26-16-5-3-2-4-6-16/h2-12H,13H2,1H3,(H,21,24)(H,22,23). The lowest BCUT2D eigenvalue weighted by atomic mass is 10.2. The first-order chi connectivity index (χ1) is 12.6. The molecule has 6 heteroatoms. The Kier molecular flexibility index (Phi) is 5.34. The van der Waals surface area contributed by atoms with Crippen LogP contribution in [0.1, 0.15) is 16.1 Å². The van der Waals surface area contributed by atoms with Crippen molar-refractivity contribution in [3.8, 4) is 11.5 Å². The first kappa shape index (κ1) is 17.3. The number of carbonyl (C=O) groups is 2. The highest BCUT2D eigenvalue weighted by Crippen LogP contribution is 2.22. The molecule has 1 aromatic heterocycles. The number of hydrogen-bond acceptors (Lipinski definition) is 4. The van der Waals surface area contributed by atoms with Crippen molar-refractivity contribution in [2.75, 3.05) is 11.9 Å². The highest BCUT2D eigenvalue weighted by molar-refractivity contribution is 5.99. The van der Waals surface area contributed by atoms with Gasteiger partial charge in [0.15, 0.2) is 0 Å². The summed E-state index contributed by atoms with van der Waals surface area (Å²) < 4.78 is 10.8. The van der Waals surface area contributed by atoms with Crippen molar-refractivity contribution < 1.29 is 18.7 Å². The molecule has 2 N–H and O–H groups in total. The number of nitrogens with one attached hydrogen (secondary N) is 2. The van der Waals surface area contributed by atoms with E-state index in [0.717, 1.165) is 5.75 Å². The fourth-order valence-electron chi connectivity index (χ4n) is 2.31. The summed E-state index contributed by atoms with van der Waals surface area (Å²) in [6, 6.07) is 18.0. The third-order valence-corrected chi connectivity index (χ3v) is 3.63. The maximum absolute atomic E-state index is 12.0. The predicted molar refractivity (Wildman–Crippen MR) is 97.4 cm³/mol. The highest BCUT2D eigenvalue weighted by Gasteiger charge is 2.12. The molecule has 0 atom stereocenters. The summed E-state index contributed by atoms with van der Waals surface area (Å²) in [5.74, 6) is 1.24. The van der Waals surface area contributed by atoms with Crippen LogP contribution in [-0.4, -0.2) is 18.4 Å². The van der Waals surface area contributed by atoms with Gasteiger partial charge in [-0.15, -0.1) is 0 Å². The lowest BCUT2D eigenvalue weighted by Gasteiger charge is -2.08. The van der Waals surface area contributed by atoms with Crippen molar-refractivity contribution in [2.45, 2.75) is 6.92 Å². The van der Waals surface area contributed by atoms with Gasteiger partial charge in [0.05, 0.1) is 18.4 Å². The first-order valence-electron chi connectivity index (χ1n) is 8.07. The summed E-state index contributed by atoms with van der Waals surface area (Å²) in [6.07, 6.45) is 1.43. The normalized spacial score (nSPS) is 10.2. The summed E-state index contributed by atoms with van der Waals surface area (Å²) in [5.41, 5.74) is 1.03. The number of hydrogen-bond donors (Lipinski definition) is 2. The summed E-state index contributed by atoms with van der Waals surface area (Å²) in [4.78, 5) is 23.9. The van der Waals surface area contributed by atoms with Gasteiger partial charge in [0, 0.05) is 5.69 Å². The molecule has 132 valence electrons. The van der Waals surface area contributed by atoms with Crippen LogP contribution >= 0.6 is 0 Å². The second-order valence-corrected chi connectivity index (χ2v) is 5.56. The molecule has 0 aliphatic carbocycles. The predicted octanol–water partition coefficient (Wildman–Crippen LogP) is 3.75. The molecule has 3 rings (SSSR count). The average molecular weight is 350 g/mol. The Bertz CT molecular complexity index is 886. The van der Waals surface area contributed by atoms with Crippen molar-refractivity contribution in [3.63, 3.8) is 0 Å². The maximum Gasteiger partial charge on any atom is 0.255 e. The van der Waals surface area contributed by atoms with Crippen LogP contribution in [0.2, 0.25) is 0 Å². The van der Waals surface area contributed by atoms with Crippen LogP contribution in [0.25, 0.3) is 0 Å². The summed E-state index contributed by atoms with van der Waals surface area (Å²) in [6.45, 7) is 1.56. The average Bonchev–Trinajstić information content (AvgIpc) is 3.08. The molecular formula is C20H18N2O4. The molecule has 0 spiro atoms. The molecule has 0 unspecified atom stereocenters. The molecule has 26 heavy (non-hydrogen) atoms. The van der Waals surface area contributed by atoms with E-state index in [1.807, 2.05) is 30.3 Å². The number of carbonyl (C=O) groups excluding carboxylic acids is 2. The van der Waals surface area contributed by atoms with Crippen LogP contribution in [0.3, 0.4) is 0 Å². The Morgan fingerprint density at radius 2 is 1.65 bits per heavy atom. The smallest absolute Gasteiger partial charge is 0.255 e. The Balaban J connectivity index is 1.50. The van der Waals surface area contributed by atoms with Gasteiger partial charge in [-0.1, -0.05) is 18.2 Å². The third kappa shape index (κ3) is 4.51. The molecule has 0 saturated carbocycles. The largest absolute Gasteiger partial charge is 0.469 e. The van der Waals surface area contributed by atoms with E-state index in [0.29, 0.717) is 22.8 Å². The minimum Gasteiger partial charge on any atom is -0.469 e. The zero-order valence-electron chi connectivity index (χ0n) is 14.2. The minimum atomic E-state index is -0.349. The molecule has 1 heterocycles. The molecule has 3 aromatic rings. The summed E-state index contributed by atoms with van der Waals surface area (Å²) in [5, 5.41) is 5.27. The van der Waals surface area contributed by atoms with Crippen LogP contribution in [0.15, 0.2) is 71.3 Å². The number of furan rings is 1. The van der Waals surface area contributed by atoms with E-state index in [2.05, 4.69) is 10.6 Å². The van der Waals surface area contributed by atoms with E-state index in [1.54, 1.807) is 37.3 Å². The van der Waals surface area contributed by atoms with Crippen LogP contribution in [0.4, 0.5) is 5.69 Å². The number of rotatable bonds is 6. The van der Waals surface area contributed by atoms with Crippen LogP contribution in [-0.2, 0) is 4.79 Å². The first-order valence-corrected chi connectivity index (χ1v) is 8.07. The van der Waals surface area contributed by atoms with Gasteiger partial charge in [-0.25, -0.2) is 0 Å². The lowest BCUT2D eigenvalue weighted by Crippen LogP contribution is -2.32. The maximum atomic E-state index is 12.0. The second-order valence-electron chi connectivity index (χ2n) is 5.56. The zero-order valence-corrected chi connectivity index (χ0v) is 14.2. The van der Waals surface area contributed by atoms with Crippen molar-refractivity contribution in [2.24, 2.45) is 0 Å². The highest BCUT2D eigenvalue weighted by atomic mass is 16.5. The van der Waals surface area contributed by atoms with Crippen molar-refractivity contribution in [1.82, 2.24) is 5.32 Å². The second kappa shape index (κ2) is 8.02. The van der Waals surface area contributed by atoms with Gasteiger partial charge < -0.3 is 19.8 Å². The van der Waals surface area contributed by atoms with Crippen LogP contribution in [0.5, 0.6) is 11.5 Å². The van der Waals surface area contributed by atoms with E-state index < -0.39 is 0 Å². The fourth-order valence-corrected chi connectivity index (χ4v) is 2.31. The number of amides is 2. The molecule has 0 bridgehead atoms. The van der Waals surface area contributed by atoms with Gasteiger partial charge >= 0.3 is 0 Å². The monoisotopic (exact) mass is 350 g/mol. The number of para-hydroxylation sites is 1. The van der Waals surface area contributed by atoms with Gasteiger partial charge in [-0.05, 0) is 49.4 Å². The van der Waals surface area contributed by atoms with Crippen LogP contribution in [0, 0.1) is 6.92 Å². The topological polar surface area (TPSA) is 80.6 Å². The number of aryl methyl sites for hydroxylation is 1. The Morgan fingerprint density at radius 1 is 0.962 bits per heavy atom. The van der Waals surface area contributed by atoms with E-state index in [-0.39, 0.29) is 18.4 Å². The van der Waals surface area contributed by atoms with Crippen molar-refractivity contribution >= 4 is 17.5 Å². The zero-order chi connectivity index (χ0) is 18.4. The molecule has 2 aromatic carbocycles. The molecule has 0 saturated heterocycles. The molecule has 2 amide bonds. The molecule has 0 aliphatic rings. The van der Waals surface area contributed by atoms with E-state index in [9.17, 15) is 9.59 Å².